The van der Waals surface area contributed by atoms with E-state index in [9.17, 15) is 5.11 Å². The lowest BCUT2D eigenvalue weighted by molar-refractivity contribution is 0.159. The van der Waals surface area contributed by atoms with Gasteiger partial charge < -0.3 is 5.11 Å². The van der Waals surface area contributed by atoms with Crippen LogP contribution in [0.25, 0.3) is 0 Å². The molecule has 3 atom stereocenters. The van der Waals surface area contributed by atoms with E-state index in [4.69, 9.17) is 0 Å². The molecule has 0 saturated heterocycles. The minimum Gasteiger partial charge on any atom is -0.393 e. The van der Waals surface area contributed by atoms with Gasteiger partial charge in [-0.05, 0) is 18.8 Å². The van der Waals surface area contributed by atoms with E-state index in [1.165, 1.54) is 6.42 Å². The summed E-state index contributed by atoms with van der Waals surface area (Å²) in [6, 6.07) is 0. The van der Waals surface area contributed by atoms with Gasteiger partial charge in [0.25, 0.3) is 0 Å². The van der Waals surface area contributed by atoms with Crippen LogP contribution < -0.4 is 0 Å². The van der Waals surface area contributed by atoms with Crippen molar-refractivity contribution >= 4 is 31.9 Å². The molecule has 0 amide bonds. The second-order valence-electron chi connectivity index (χ2n) is 2.95. The highest BCUT2D eigenvalue weighted by atomic mass is 79.9. The minimum atomic E-state index is -0.0613. The molecule has 0 aromatic rings. The molecule has 0 bridgehead atoms. The summed E-state index contributed by atoms with van der Waals surface area (Å²) in [6.45, 7) is 0. The molecule has 0 heterocycles. The molecule has 1 unspecified atom stereocenters. The van der Waals surface area contributed by atoms with Gasteiger partial charge in [-0.25, -0.2) is 0 Å². The quantitative estimate of drug-likeness (QED) is 0.656. The predicted octanol–water partition coefficient (Wildman–Crippen LogP) is 1.87. The van der Waals surface area contributed by atoms with Crippen LogP contribution in [0.4, 0.5) is 0 Å². The summed E-state index contributed by atoms with van der Waals surface area (Å²) in [5.74, 6) is 1.17. The van der Waals surface area contributed by atoms with Crippen LogP contribution in [-0.2, 0) is 0 Å². The van der Waals surface area contributed by atoms with Crippen molar-refractivity contribution in [1.29, 1.82) is 0 Å². The van der Waals surface area contributed by atoms with Crippen LogP contribution in [0, 0.1) is 11.8 Å². The monoisotopic (exact) mass is 254 g/mol. The molecule has 2 saturated carbocycles. The Balaban J connectivity index is 2.14. The summed E-state index contributed by atoms with van der Waals surface area (Å²) in [5, 5.41) is 9.31. The molecule has 2 aliphatic rings. The Morgan fingerprint density at radius 3 is 2.22 bits per heavy atom. The number of aliphatic hydroxyl groups is 1. The van der Waals surface area contributed by atoms with Gasteiger partial charge in [0.1, 0.15) is 0 Å². The number of hydrogen-bond acceptors (Lipinski definition) is 1. The summed E-state index contributed by atoms with van der Waals surface area (Å²) in [4.78, 5) is 0. The topological polar surface area (TPSA) is 20.2 Å². The summed E-state index contributed by atoms with van der Waals surface area (Å²) in [5.41, 5.74) is 0. The van der Waals surface area contributed by atoms with Crippen molar-refractivity contribution in [2.24, 2.45) is 11.8 Å². The van der Waals surface area contributed by atoms with Crippen LogP contribution in [0.2, 0.25) is 0 Å². The lowest BCUT2D eigenvalue weighted by Gasteiger charge is -2.07. The number of rotatable bonds is 0. The van der Waals surface area contributed by atoms with Crippen LogP contribution >= 0.6 is 31.9 Å². The molecule has 0 aromatic heterocycles. The van der Waals surface area contributed by atoms with Crippen molar-refractivity contribution in [3.8, 4) is 0 Å². The zero-order valence-electron chi connectivity index (χ0n) is 4.85. The fraction of sp³-hybridized carbons (Fsp3) is 1.00. The van der Waals surface area contributed by atoms with Gasteiger partial charge in [0.15, 0.2) is 0 Å². The van der Waals surface area contributed by atoms with Gasteiger partial charge in [-0.2, -0.15) is 0 Å². The highest BCUT2D eigenvalue weighted by molar-refractivity contribution is 9.25. The number of hydrogen-bond donors (Lipinski definition) is 1. The average Bonchev–Trinajstić information content (AvgIpc) is 2.19. The van der Waals surface area contributed by atoms with Gasteiger partial charge in [0, 0.05) is 5.92 Å². The lowest BCUT2D eigenvalue weighted by Crippen LogP contribution is -2.10. The zero-order chi connectivity index (χ0) is 6.65. The van der Waals surface area contributed by atoms with Gasteiger partial charge in [0.05, 0.1) is 9.34 Å². The second kappa shape index (κ2) is 1.74. The number of aliphatic hydroxyl groups excluding tert-OH is 1. The molecule has 1 N–H and O–H groups in total. The Bertz CT molecular complexity index is 146. The SMILES string of the molecule is OC1CC[C@H]2[C@@H]1C2(Br)Br. The lowest BCUT2D eigenvalue weighted by atomic mass is 10.2. The number of halogens is 2. The van der Waals surface area contributed by atoms with Crippen molar-refractivity contribution in [1.82, 2.24) is 0 Å². The van der Waals surface area contributed by atoms with Crippen LogP contribution in [0.5, 0.6) is 0 Å². The first kappa shape index (κ1) is 6.62. The van der Waals surface area contributed by atoms with Gasteiger partial charge in [-0.1, -0.05) is 31.9 Å². The summed E-state index contributed by atoms with van der Waals surface area (Å²) < 4.78 is 0.109. The highest BCUT2D eigenvalue weighted by Crippen LogP contribution is 2.69. The summed E-state index contributed by atoms with van der Waals surface area (Å²) in [7, 11) is 0. The van der Waals surface area contributed by atoms with Crippen LogP contribution in [0.15, 0.2) is 0 Å². The van der Waals surface area contributed by atoms with E-state index in [1.54, 1.807) is 0 Å². The fourth-order valence-electron chi connectivity index (χ4n) is 1.84. The van der Waals surface area contributed by atoms with E-state index in [2.05, 4.69) is 31.9 Å². The van der Waals surface area contributed by atoms with Gasteiger partial charge in [-0.3, -0.25) is 0 Å². The standard InChI is InChI=1S/C6H8Br2O/c7-6(8)3-1-2-4(9)5(3)6/h3-5,9H,1-2H2/t3-,4?,5-/m0/s1. The Morgan fingerprint density at radius 1 is 1.33 bits per heavy atom. The first-order chi connectivity index (χ1) is 4.14. The Hall–Kier alpha value is 0.920. The molecule has 0 aromatic carbocycles. The molecule has 2 aliphatic carbocycles. The fourth-order valence-corrected chi connectivity index (χ4v) is 3.85. The van der Waals surface area contributed by atoms with Gasteiger partial charge >= 0.3 is 0 Å². The van der Waals surface area contributed by atoms with Crippen LogP contribution in [0.1, 0.15) is 12.8 Å². The van der Waals surface area contributed by atoms with Crippen molar-refractivity contribution in [3.05, 3.63) is 0 Å². The molecule has 2 fully saturated rings. The molecule has 2 rings (SSSR count). The van der Waals surface area contributed by atoms with E-state index in [1.807, 2.05) is 0 Å². The van der Waals surface area contributed by atoms with Crippen LogP contribution in [-0.4, -0.2) is 14.4 Å². The molecular formula is C6H8Br2O. The predicted molar refractivity (Wildman–Crippen MR) is 42.8 cm³/mol. The van der Waals surface area contributed by atoms with E-state index >= 15 is 0 Å². The van der Waals surface area contributed by atoms with E-state index in [-0.39, 0.29) is 9.34 Å². The third-order valence-corrected chi connectivity index (χ3v) is 4.68. The molecule has 0 aliphatic heterocycles. The third kappa shape index (κ3) is 0.747. The van der Waals surface area contributed by atoms with Gasteiger partial charge in [0.2, 0.25) is 0 Å². The second-order valence-corrected chi connectivity index (χ2v) is 6.64. The van der Waals surface area contributed by atoms with E-state index < -0.39 is 0 Å². The maximum atomic E-state index is 9.31. The van der Waals surface area contributed by atoms with Crippen molar-refractivity contribution < 1.29 is 5.11 Å². The molecule has 1 nitrogen and oxygen atoms in total. The molecule has 0 radical (unpaired) electrons. The third-order valence-electron chi connectivity index (χ3n) is 2.45. The largest absolute Gasteiger partial charge is 0.393 e. The van der Waals surface area contributed by atoms with Crippen molar-refractivity contribution in [2.45, 2.75) is 22.2 Å². The maximum Gasteiger partial charge on any atom is 0.0894 e. The Morgan fingerprint density at radius 2 is 2.00 bits per heavy atom. The average molecular weight is 256 g/mol. The molecular weight excluding hydrogens is 248 g/mol. The Labute approximate surface area is 71.1 Å². The molecule has 52 valence electrons. The molecule has 3 heteroatoms. The van der Waals surface area contributed by atoms with Crippen LogP contribution in [0.3, 0.4) is 0 Å². The normalized spacial score (nSPS) is 53.0. The first-order valence-corrected chi connectivity index (χ1v) is 4.78. The van der Waals surface area contributed by atoms with Crippen molar-refractivity contribution in [2.75, 3.05) is 0 Å². The zero-order valence-corrected chi connectivity index (χ0v) is 8.02. The summed E-state index contributed by atoms with van der Waals surface area (Å²) >= 11 is 7.05. The summed E-state index contributed by atoms with van der Waals surface area (Å²) in [6.07, 6.45) is 2.10. The number of fused-ring (bicyclic) bond motifs is 1. The van der Waals surface area contributed by atoms with Gasteiger partial charge in [-0.15, -0.1) is 0 Å². The van der Waals surface area contributed by atoms with Crippen molar-refractivity contribution in [3.63, 3.8) is 0 Å². The maximum absolute atomic E-state index is 9.31. The smallest absolute Gasteiger partial charge is 0.0894 e. The Kier molecular flexibility index (Phi) is 1.28. The van der Waals surface area contributed by atoms with E-state index in [0.717, 1.165) is 6.42 Å². The molecule has 0 spiro atoms. The number of alkyl halides is 2. The highest BCUT2D eigenvalue weighted by Gasteiger charge is 2.67. The van der Waals surface area contributed by atoms with E-state index in [0.29, 0.717) is 11.8 Å². The first-order valence-electron chi connectivity index (χ1n) is 3.20. The molecule has 9 heavy (non-hydrogen) atoms. The minimum absolute atomic E-state index is 0.0613.